The van der Waals surface area contributed by atoms with Crippen molar-refractivity contribution in [2.45, 2.75) is 20.0 Å². The van der Waals surface area contributed by atoms with E-state index in [1.54, 1.807) is 0 Å². The van der Waals surface area contributed by atoms with E-state index in [1.165, 1.54) is 27.0 Å². The number of halogens is 4. The second kappa shape index (κ2) is 6.60. The van der Waals surface area contributed by atoms with Gasteiger partial charge in [0.1, 0.15) is 11.6 Å². The highest BCUT2D eigenvalue weighted by atomic mass is 19.4. The van der Waals surface area contributed by atoms with Crippen LogP contribution in [0.25, 0.3) is 5.76 Å². The smallest absolute Gasteiger partial charge is 0.422 e. The highest BCUT2D eigenvalue weighted by Crippen LogP contribution is 2.34. The molecule has 21 heavy (non-hydrogen) atoms. The van der Waals surface area contributed by atoms with Crippen LogP contribution < -0.4 is 4.74 Å². The average molecular weight is 305 g/mol. The second-order valence-electron chi connectivity index (χ2n) is 4.23. The summed E-state index contributed by atoms with van der Waals surface area (Å²) < 4.78 is 60.4. The molecule has 0 spiro atoms. The number of aliphatic imine (C=N–C) groups is 1. The summed E-state index contributed by atoms with van der Waals surface area (Å²) in [5.41, 5.74) is 0.495. The molecule has 0 aliphatic heterocycles. The Kier molecular flexibility index (Phi) is 5.34. The number of benzene rings is 1. The predicted molar refractivity (Wildman–Crippen MR) is 71.8 cm³/mol. The zero-order valence-corrected chi connectivity index (χ0v) is 11.8. The van der Waals surface area contributed by atoms with Crippen LogP contribution in [0, 0.1) is 12.7 Å². The third kappa shape index (κ3) is 4.21. The molecular weight excluding hydrogens is 290 g/mol. The number of hydrogen-bond acceptors (Lipinski definition) is 3. The van der Waals surface area contributed by atoms with Crippen molar-refractivity contribution in [2.24, 2.45) is 4.99 Å². The first-order valence-electron chi connectivity index (χ1n) is 5.92. The standard InChI is InChI=1S/C14H15F4NO2/c1-8-11(15)6-5-10(12(8)20-4)13(9(2)19-3)21-7-14(16,17)18/h5-6H,3,7H2,1-2,4H3/b13-9-. The topological polar surface area (TPSA) is 30.8 Å². The summed E-state index contributed by atoms with van der Waals surface area (Å²) in [6.45, 7) is 4.67. The van der Waals surface area contributed by atoms with Gasteiger partial charge in [-0.25, -0.2) is 4.39 Å². The molecule has 3 nitrogen and oxygen atoms in total. The fourth-order valence-electron chi connectivity index (χ4n) is 1.71. The molecule has 116 valence electrons. The second-order valence-corrected chi connectivity index (χ2v) is 4.23. The van der Waals surface area contributed by atoms with Gasteiger partial charge in [0, 0.05) is 5.56 Å². The van der Waals surface area contributed by atoms with Gasteiger partial charge >= 0.3 is 6.18 Å². The first kappa shape index (κ1) is 17.0. The SMILES string of the molecule is C=N/C(C)=C(\OCC(F)(F)F)c1ccc(F)c(C)c1OC. The Bertz CT molecular complexity index is 565. The molecule has 0 aliphatic rings. The van der Waals surface area contributed by atoms with Crippen LogP contribution >= 0.6 is 0 Å². The molecule has 1 rings (SSSR count). The summed E-state index contributed by atoms with van der Waals surface area (Å²) >= 11 is 0. The van der Waals surface area contributed by atoms with Crippen molar-refractivity contribution in [1.29, 1.82) is 0 Å². The zero-order chi connectivity index (χ0) is 16.2. The van der Waals surface area contributed by atoms with Crippen molar-refractivity contribution >= 4 is 12.5 Å². The minimum atomic E-state index is -4.50. The first-order chi connectivity index (χ1) is 9.71. The maximum absolute atomic E-state index is 13.5. The third-order valence-electron chi connectivity index (χ3n) is 2.73. The number of nitrogens with zero attached hydrogens (tertiary/aromatic N) is 1. The zero-order valence-electron chi connectivity index (χ0n) is 11.8. The third-order valence-corrected chi connectivity index (χ3v) is 2.73. The summed E-state index contributed by atoms with van der Waals surface area (Å²) in [5.74, 6) is -0.590. The van der Waals surface area contributed by atoms with Gasteiger partial charge in [-0.2, -0.15) is 13.2 Å². The van der Waals surface area contributed by atoms with E-state index >= 15 is 0 Å². The van der Waals surface area contributed by atoms with Crippen LogP contribution in [-0.4, -0.2) is 26.6 Å². The van der Waals surface area contributed by atoms with Crippen LogP contribution in [0.3, 0.4) is 0 Å². The van der Waals surface area contributed by atoms with Gasteiger partial charge in [-0.1, -0.05) is 0 Å². The van der Waals surface area contributed by atoms with Gasteiger partial charge in [0.2, 0.25) is 0 Å². The Morgan fingerprint density at radius 3 is 2.43 bits per heavy atom. The van der Waals surface area contributed by atoms with Gasteiger partial charge in [-0.3, -0.25) is 4.99 Å². The Morgan fingerprint density at radius 2 is 1.95 bits per heavy atom. The van der Waals surface area contributed by atoms with Gasteiger partial charge < -0.3 is 9.47 Å². The molecule has 7 heteroatoms. The molecule has 0 N–H and O–H groups in total. The van der Waals surface area contributed by atoms with Crippen LogP contribution in [0.4, 0.5) is 17.6 Å². The van der Waals surface area contributed by atoms with Gasteiger partial charge in [-0.05, 0) is 32.7 Å². The van der Waals surface area contributed by atoms with E-state index in [0.717, 1.165) is 6.07 Å². The summed E-state index contributed by atoms with van der Waals surface area (Å²) in [5, 5.41) is 0. The van der Waals surface area contributed by atoms with Gasteiger partial charge in [0.15, 0.2) is 12.4 Å². The van der Waals surface area contributed by atoms with Crippen molar-refractivity contribution in [3.05, 3.63) is 34.8 Å². The van der Waals surface area contributed by atoms with Crippen molar-refractivity contribution in [1.82, 2.24) is 0 Å². The molecular formula is C14H15F4NO2. The highest BCUT2D eigenvalue weighted by Gasteiger charge is 2.30. The Balaban J connectivity index is 3.35. The summed E-state index contributed by atoms with van der Waals surface area (Å²) in [6, 6.07) is 2.40. The van der Waals surface area contributed by atoms with E-state index in [0.29, 0.717) is 0 Å². The first-order valence-corrected chi connectivity index (χ1v) is 5.92. The van der Waals surface area contributed by atoms with Crippen LogP contribution in [0.1, 0.15) is 18.1 Å². The molecule has 0 heterocycles. The number of ether oxygens (including phenoxy) is 2. The molecule has 0 atom stereocenters. The van der Waals surface area contributed by atoms with E-state index in [-0.39, 0.29) is 28.3 Å². The van der Waals surface area contributed by atoms with Crippen LogP contribution in [0.2, 0.25) is 0 Å². The molecule has 1 aromatic rings. The van der Waals surface area contributed by atoms with E-state index in [4.69, 9.17) is 9.47 Å². The largest absolute Gasteiger partial charge is 0.496 e. The molecule has 0 saturated carbocycles. The maximum Gasteiger partial charge on any atom is 0.422 e. The Hall–Kier alpha value is -2.05. The monoisotopic (exact) mass is 305 g/mol. The molecule has 0 amide bonds. The summed E-state index contributed by atoms with van der Waals surface area (Å²) in [4.78, 5) is 3.58. The van der Waals surface area contributed by atoms with Crippen molar-refractivity contribution in [3.63, 3.8) is 0 Å². The predicted octanol–water partition coefficient (Wildman–Crippen LogP) is 4.11. The fourth-order valence-corrected chi connectivity index (χ4v) is 1.71. The molecule has 0 radical (unpaired) electrons. The lowest BCUT2D eigenvalue weighted by atomic mass is 10.1. The minimum absolute atomic E-state index is 0.0928. The highest BCUT2D eigenvalue weighted by molar-refractivity contribution is 5.70. The number of methoxy groups -OCH3 is 1. The molecule has 0 saturated heterocycles. The minimum Gasteiger partial charge on any atom is -0.496 e. The van der Waals surface area contributed by atoms with Gasteiger partial charge in [0.05, 0.1) is 18.4 Å². The maximum atomic E-state index is 13.5. The van der Waals surface area contributed by atoms with Crippen LogP contribution in [0.5, 0.6) is 5.75 Å². The molecule has 0 fully saturated rings. The lowest BCUT2D eigenvalue weighted by molar-refractivity contribution is -0.158. The lowest BCUT2D eigenvalue weighted by Crippen LogP contribution is -2.17. The number of rotatable bonds is 5. The van der Waals surface area contributed by atoms with Crippen LogP contribution in [0.15, 0.2) is 22.8 Å². The van der Waals surface area contributed by atoms with E-state index in [1.807, 2.05) is 0 Å². The van der Waals surface area contributed by atoms with Gasteiger partial charge in [0.25, 0.3) is 0 Å². The number of hydrogen-bond donors (Lipinski definition) is 0. The average Bonchev–Trinajstić information content (AvgIpc) is 2.41. The van der Waals surface area contributed by atoms with Crippen LogP contribution in [-0.2, 0) is 4.74 Å². The summed E-state index contributed by atoms with van der Waals surface area (Å²) in [7, 11) is 1.29. The van der Waals surface area contributed by atoms with E-state index in [2.05, 4.69) is 11.7 Å². The Labute approximate surface area is 119 Å². The molecule has 0 bridgehead atoms. The molecule has 0 aromatic heterocycles. The van der Waals surface area contributed by atoms with Crippen molar-refractivity contribution < 1.29 is 27.0 Å². The van der Waals surface area contributed by atoms with E-state index in [9.17, 15) is 17.6 Å². The lowest BCUT2D eigenvalue weighted by Gasteiger charge is -2.18. The van der Waals surface area contributed by atoms with Gasteiger partial charge in [-0.15, -0.1) is 0 Å². The Morgan fingerprint density at radius 1 is 1.33 bits per heavy atom. The molecule has 0 aliphatic carbocycles. The normalized spacial score (nSPS) is 12.7. The van der Waals surface area contributed by atoms with E-state index < -0.39 is 18.6 Å². The molecule has 1 aromatic carbocycles. The summed E-state index contributed by atoms with van der Waals surface area (Å²) in [6.07, 6.45) is -4.50. The quantitative estimate of drug-likeness (QED) is 0.465. The number of allylic oxidation sites excluding steroid dienone is 1. The fraction of sp³-hybridized carbons (Fsp3) is 0.357. The molecule has 0 unspecified atom stereocenters. The van der Waals surface area contributed by atoms with Crippen molar-refractivity contribution in [3.8, 4) is 5.75 Å². The number of alkyl halides is 3. The van der Waals surface area contributed by atoms with Crippen molar-refractivity contribution in [2.75, 3.05) is 13.7 Å².